The monoisotopic (exact) mass is 286 g/mol. The second-order valence-electron chi connectivity index (χ2n) is 5.60. The molecule has 0 aromatic carbocycles. The summed E-state index contributed by atoms with van der Waals surface area (Å²) in [6.45, 7) is 2.32. The van der Waals surface area contributed by atoms with Crippen LogP contribution in [0.25, 0.3) is 0 Å². The van der Waals surface area contributed by atoms with E-state index in [0.717, 1.165) is 12.8 Å². The van der Waals surface area contributed by atoms with Gasteiger partial charge in [-0.2, -0.15) is 0 Å². The molecule has 0 aliphatic rings. The lowest BCUT2D eigenvalue weighted by atomic mass is 10.1. The van der Waals surface area contributed by atoms with Gasteiger partial charge in [-0.15, -0.1) is 0 Å². The maximum Gasteiger partial charge on any atom is 0.222 e. The van der Waals surface area contributed by atoms with Crippen molar-refractivity contribution in [3.05, 3.63) is 0 Å². The van der Waals surface area contributed by atoms with Crippen LogP contribution in [0.4, 0.5) is 0 Å². The second kappa shape index (κ2) is 14.8. The van der Waals surface area contributed by atoms with Gasteiger partial charge in [0.05, 0.1) is 0 Å². The number of carbonyl (C=O) groups excluding carboxylic acids is 1. The number of unbranched alkanes of at least 4 members (excludes halogenated alkanes) is 10. The molecule has 0 fully saturated rings. The first-order valence-corrected chi connectivity index (χ1v) is 8.38. The average molecular weight is 286 g/mol. The normalized spacial score (nSPS) is 12.3. The first-order valence-electron chi connectivity index (χ1n) is 8.38. The number of hydrogen-bond donors (Lipinski definition) is 3. The lowest BCUT2D eigenvalue weighted by molar-refractivity contribution is -0.124. The van der Waals surface area contributed by atoms with Gasteiger partial charge < -0.3 is 16.2 Å². The van der Waals surface area contributed by atoms with E-state index in [0.29, 0.717) is 6.42 Å². The Morgan fingerprint density at radius 3 is 1.85 bits per heavy atom. The van der Waals surface area contributed by atoms with Crippen LogP contribution in [0.15, 0.2) is 0 Å². The van der Waals surface area contributed by atoms with E-state index in [9.17, 15) is 4.79 Å². The molecule has 120 valence electrons. The molecule has 0 aliphatic carbocycles. The average Bonchev–Trinajstić information content (AvgIpc) is 2.44. The summed E-state index contributed by atoms with van der Waals surface area (Å²) in [5.41, 5.74) is 5.22. The van der Waals surface area contributed by atoms with Crippen molar-refractivity contribution in [3.8, 4) is 0 Å². The minimum absolute atomic E-state index is 0.0734. The van der Waals surface area contributed by atoms with Crippen LogP contribution in [0.1, 0.15) is 84.0 Å². The van der Waals surface area contributed by atoms with E-state index in [4.69, 9.17) is 10.8 Å². The van der Waals surface area contributed by atoms with E-state index in [2.05, 4.69) is 12.2 Å². The minimum atomic E-state index is -0.893. The molecule has 0 rings (SSSR count). The van der Waals surface area contributed by atoms with Gasteiger partial charge >= 0.3 is 0 Å². The highest BCUT2D eigenvalue weighted by atomic mass is 16.3. The summed E-state index contributed by atoms with van der Waals surface area (Å²) in [5, 5.41) is 11.6. The molecule has 0 bridgehead atoms. The fourth-order valence-electron chi connectivity index (χ4n) is 2.27. The summed E-state index contributed by atoms with van der Waals surface area (Å²) in [5.74, 6) is -0.0983. The van der Waals surface area contributed by atoms with Crippen molar-refractivity contribution in [2.24, 2.45) is 5.73 Å². The number of hydrogen-bond acceptors (Lipinski definition) is 3. The maximum atomic E-state index is 11.3. The van der Waals surface area contributed by atoms with Crippen LogP contribution in [0.2, 0.25) is 0 Å². The zero-order valence-corrected chi connectivity index (χ0v) is 13.2. The Hall–Kier alpha value is -0.610. The highest BCUT2D eigenvalue weighted by Gasteiger charge is 2.05. The third-order valence-corrected chi connectivity index (χ3v) is 3.56. The zero-order valence-electron chi connectivity index (χ0n) is 13.2. The number of nitrogens with one attached hydrogen (secondary N) is 1. The Bertz CT molecular complexity index is 223. The molecular weight excluding hydrogens is 252 g/mol. The molecule has 4 nitrogen and oxygen atoms in total. The lowest BCUT2D eigenvalue weighted by Crippen LogP contribution is -2.39. The van der Waals surface area contributed by atoms with Crippen molar-refractivity contribution in [2.45, 2.75) is 90.2 Å². The summed E-state index contributed by atoms with van der Waals surface area (Å²) in [6, 6.07) is 0. The van der Waals surface area contributed by atoms with Gasteiger partial charge in [-0.3, -0.25) is 4.79 Å². The van der Waals surface area contributed by atoms with Crippen LogP contribution < -0.4 is 11.1 Å². The van der Waals surface area contributed by atoms with Gasteiger partial charge in [-0.05, 0) is 6.42 Å². The number of aliphatic hydroxyl groups excluding tert-OH is 1. The predicted molar refractivity (Wildman–Crippen MR) is 84.3 cm³/mol. The summed E-state index contributed by atoms with van der Waals surface area (Å²) in [6.07, 6.45) is 13.6. The van der Waals surface area contributed by atoms with Crippen molar-refractivity contribution >= 4 is 5.91 Å². The molecule has 0 radical (unpaired) electrons. The summed E-state index contributed by atoms with van der Waals surface area (Å²) in [7, 11) is 0. The molecular formula is C16H34N2O2. The zero-order chi connectivity index (χ0) is 15.1. The minimum Gasteiger partial charge on any atom is -0.372 e. The smallest absolute Gasteiger partial charge is 0.222 e. The van der Waals surface area contributed by atoms with Gasteiger partial charge in [-0.25, -0.2) is 0 Å². The highest BCUT2D eigenvalue weighted by Crippen LogP contribution is 2.11. The van der Waals surface area contributed by atoms with Crippen molar-refractivity contribution in [2.75, 3.05) is 6.54 Å². The Morgan fingerprint density at radius 2 is 1.40 bits per heavy atom. The van der Waals surface area contributed by atoms with Gasteiger partial charge in [0.15, 0.2) is 0 Å². The Kier molecular flexibility index (Phi) is 14.3. The van der Waals surface area contributed by atoms with Crippen molar-refractivity contribution in [1.29, 1.82) is 0 Å². The summed E-state index contributed by atoms with van der Waals surface area (Å²) >= 11 is 0. The number of rotatable bonds is 14. The van der Waals surface area contributed by atoms with Gasteiger partial charge in [0.1, 0.15) is 6.23 Å². The van der Waals surface area contributed by atoms with E-state index in [1.165, 1.54) is 57.8 Å². The largest absolute Gasteiger partial charge is 0.372 e. The van der Waals surface area contributed by atoms with E-state index < -0.39 is 6.23 Å². The van der Waals surface area contributed by atoms with Crippen LogP contribution in [0.3, 0.4) is 0 Å². The SMILES string of the molecule is CCCCCCCCCCCCCC(=O)NC(O)CN. The maximum absolute atomic E-state index is 11.3. The lowest BCUT2D eigenvalue weighted by Gasteiger charge is -2.09. The van der Waals surface area contributed by atoms with Crippen molar-refractivity contribution in [1.82, 2.24) is 5.32 Å². The molecule has 4 heteroatoms. The van der Waals surface area contributed by atoms with Crippen molar-refractivity contribution < 1.29 is 9.90 Å². The first-order chi connectivity index (χ1) is 9.70. The molecule has 0 aromatic heterocycles. The standard InChI is InChI=1S/C16H34N2O2/c1-2-3-4-5-6-7-8-9-10-11-12-13-15(19)18-16(20)14-17/h16,20H,2-14,17H2,1H3,(H,18,19). The third-order valence-electron chi connectivity index (χ3n) is 3.56. The number of nitrogens with two attached hydrogens (primary N) is 1. The fraction of sp³-hybridized carbons (Fsp3) is 0.938. The number of aliphatic hydroxyl groups is 1. The van der Waals surface area contributed by atoms with Crippen LogP contribution in [0.5, 0.6) is 0 Å². The number of amides is 1. The molecule has 1 atom stereocenters. The molecule has 20 heavy (non-hydrogen) atoms. The van der Waals surface area contributed by atoms with Crippen LogP contribution in [-0.2, 0) is 4.79 Å². The fourth-order valence-corrected chi connectivity index (χ4v) is 2.27. The molecule has 0 saturated carbocycles. The van der Waals surface area contributed by atoms with Gasteiger partial charge in [0.2, 0.25) is 5.91 Å². The predicted octanol–water partition coefficient (Wildman–Crippen LogP) is 3.08. The van der Waals surface area contributed by atoms with Crippen molar-refractivity contribution in [3.63, 3.8) is 0 Å². The Balaban J connectivity index is 3.14. The molecule has 4 N–H and O–H groups in total. The molecule has 0 aromatic rings. The molecule has 0 aliphatic heterocycles. The molecule has 1 unspecified atom stereocenters. The van der Waals surface area contributed by atoms with Gasteiger partial charge in [0, 0.05) is 13.0 Å². The second-order valence-corrected chi connectivity index (χ2v) is 5.60. The molecule has 0 spiro atoms. The van der Waals surface area contributed by atoms with Crippen LogP contribution in [-0.4, -0.2) is 23.8 Å². The van der Waals surface area contributed by atoms with Gasteiger partial charge in [0.25, 0.3) is 0 Å². The quantitative estimate of drug-likeness (QED) is 0.339. The van der Waals surface area contributed by atoms with Crippen LogP contribution >= 0.6 is 0 Å². The van der Waals surface area contributed by atoms with Crippen LogP contribution in [0, 0.1) is 0 Å². The van der Waals surface area contributed by atoms with E-state index >= 15 is 0 Å². The molecule has 1 amide bonds. The number of carbonyl (C=O) groups is 1. The third kappa shape index (κ3) is 13.8. The summed E-state index contributed by atoms with van der Waals surface area (Å²) < 4.78 is 0. The Morgan fingerprint density at radius 1 is 0.950 bits per heavy atom. The molecule has 0 saturated heterocycles. The van der Waals surface area contributed by atoms with E-state index in [1.807, 2.05) is 0 Å². The highest BCUT2D eigenvalue weighted by molar-refractivity contribution is 5.75. The topological polar surface area (TPSA) is 75.3 Å². The van der Waals surface area contributed by atoms with E-state index in [1.54, 1.807) is 0 Å². The van der Waals surface area contributed by atoms with E-state index in [-0.39, 0.29) is 12.5 Å². The summed E-state index contributed by atoms with van der Waals surface area (Å²) in [4.78, 5) is 11.3. The first kappa shape index (κ1) is 19.4. The molecule has 0 heterocycles. The Labute approximate surface area is 124 Å². The van der Waals surface area contributed by atoms with Gasteiger partial charge in [-0.1, -0.05) is 71.1 Å².